The molecule has 0 atom stereocenters. The Morgan fingerprint density at radius 1 is 1.31 bits per heavy atom. The molecule has 0 aliphatic heterocycles. The first-order chi connectivity index (χ1) is 5.95. The van der Waals surface area contributed by atoms with E-state index in [0.717, 1.165) is 21.5 Å². The third-order valence-corrected chi connectivity index (χ3v) is 2.87. The summed E-state index contributed by atoms with van der Waals surface area (Å²) >= 11 is 3.34. The molecule has 2 N–H and O–H groups in total. The molecule has 0 unspecified atom stereocenters. The highest BCUT2D eigenvalue weighted by Crippen LogP contribution is 2.30. The van der Waals surface area contributed by atoms with Gasteiger partial charge in [-0.15, -0.1) is 0 Å². The zero-order valence-corrected chi connectivity index (χ0v) is 10.1. The van der Waals surface area contributed by atoms with Crippen molar-refractivity contribution in [2.45, 2.75) is 33.6 Å². The van der Waals surface area contributed by atoms with E-state index in [9.17, 15) is 0 Å². The van der Waals surface area contributed by atoms with Gasteiger partial charge in [0.15, 0.2) is 0 Å². The van der Waals surface area contributed by atoms with Crippen molar-refractivity contribution in [2.75, 3.05) is 5.73 Å². The summed E-state index contributed by atoms with van der Waals surface area (Å²) in [6.07, 6.45) is 0. The molecule has 0 bridgehead atoms. The van der Waals surface area contributed by atoms with Crippen LogP contribution in [0.2, 0.25) is 0 Å². The summed E-state index contributed by atoms with van der Waals surface area (Å²) in [6.45, 7) is 8.38. The van der Waals surface area contributed by atoms with Crippen molar-refractivity contribution in [1.82, 2.24) is 4.98 Å². The molecule has 1 aromatic rings. The number of nitrogens with two attached hydrogens (primary N) is 1. The van der Waals surface area contributed by atoms with Gasteiger partial charge >= 0.3 is 0 Å². The van der Waals surface area contributed by atoms with Gasteiger partial charge in [-0.05, 0) is 46.8 Å². The number of nitrogens with zero attached hydrogens (tertiary/aromatic N) is 1. The highest BCUT2D eigenvalue weighted by Gasteiger charge is 2.13. The SMILES string of the molecule is Cc1nc(Br)c(N)c(C)c1C(C)C. The van der Waals surface area contributed by atoms with Crippen LogP contribution in [0.15, 0.2) is 4.60 Å². The van der Waals surface area contributed by atoms with Crippen LogP contribution in [0.25, 0.3) is 0 Å². The van der Waals surface area contributed by atoms with Crippen LogP contribution in [-0.4, -0.2) is 4.98 Å². The average molecular weight is 243 g/mol. The van der Waals surface area contributed by atoms with E-state index in [1.54, 1.807) is 0 Å². The molecule has 2 nitrogen and oxygen atoms in total. The molecule has 0 amide bonds. The number of aryl methyl sites for hydroxylation is 1. The van der Waals surface area contributed by atoms with E-state index in [-0.39, 0.29) is 0 Å². The smallest absolute Gasteiger partial charge is 0.129 e. The maximum absolute atomic E-state index is 5.88. The van der Waals surface area contributed by atoms with Gasteiger partial charge in [0.25, 0.3) is 0 Å². The minimum absolute atomic E-state index is 0.475. The fraction of sp³-hybridized carbons (Fsp3) is 0.500. The van der Waals surface area contributed by atoms with Gasteiger partial charge in [-0.25, -0.2) is 4.98 Å². The second-order valence-corrected chi connectivity index (χ2v) is 4.35. The van der Waals surface area contributed by atoms with Gasteiger partial charge in [0, 0.05) is 5.69 Å². The Kier molecular flexibility index (Phi) is 2.96. The molecular formula is C10H15BrN2. The lowest BCUT2D eigenvalue weighted by Gasteiger charge is -2.15. The number of anilines is 1. The molecule has 0 spiro atoms. The van der Waals surface area contributed by atoms with Crippen LogP contribution in [0.5, 0.6) is 0 Å². The molecule has 0 aliphatic rings. The maximum atomic E-state index is 5.88. The van der Waals surface area contributed by atoms with Crippen molar-refractivity contribution in [3.05, 3.63) is 21.4 Å². The fourth-order valence-electron chi connectivity index (χ4n) is 1.69. The van der Waals surface area contributed by atoms with Crippen LogP contribution < -0.4 is 5.73 Å². The van der Waals surface area contributed by atoms with E-state index in [1.165, 1.54) is 5.56 Å². The highest BCUT2D eigenvalue weighted by atomic mass is 79.9. The third kappa shape index (κ3) is 1.85. The fourth-order valence-corrected chi connectivity index (χ4v) is 2.25. The minimum atomic E-state index is 0.475. The second-order valence-electron chi connectivity index (χ2n) is 3.60. The summed E-state index contributed by atoms with van der Waals surface area (Å²) in [5.74, 6) is 0.475. The highest BCUT2D eigenvalue weighted by molar-refractivity contribution is 9.10. The molecular weight excluding hydrogens is 228 g/mol. The Morgan fingerprint density at radius 2 is 1.85 bits per heavy atom. The first kappa shape index (κ1) is 10.5. The number of hydrogen-bond acceptors (Lipinski definition) is 2. The van der Waals surface area contributed by atoms with Crippen LogP contribution in [-0.2, 0) is 0 Å². The van der Waals surface area contributed by atoms with Crippen molar-refractivity contribution in [3.8, 4) is 0 Å². The molecule has 1 aromatic heterocycles. The van der Waals surface area contributed by atoms with Crippen LogP contribution >= 0.6 is 15.9 Å². The van der Waals surface area contributed by atoms with Gasteiger partial charge in [-0.3, -0.25) is 0 Å². The number of aromatic nitrogens is 1. The van der Waals surface area contributed by atoms with Crippen molar-refractivity contribution >= 4 is 21.6 Å². The molecule has 0 aromatic carbocycles. The van der Waals surface area contributed by atoms with Gasteiger partial charge in [-0.1, -0.05) is 13.8 Å². The zero-order valence-electron chi connectivity index (χ0n) is 8.48. The Bertz CT molecular complexity index is 332. The summed E-state index contributed by atoms with van der Waals surface area (Å²) in [7, 11) is 0. The topological polar surface area (TPSA) is 38.9 Å². The van der Waals surface area contributed by atoms with E-state index >= 15 is 0 Å². The lowest BCUT2D eigenvalue weighted by molar-refractivity contribution is 0.831. The Balaban J connectivity index is 3.44. The summed E-state index contributed by atoms with van der Waals surface area (Å²) in [4.78, 5) is 4.35. The average Bonchev–Trinajstić information content (AvgIpc) is 1.99. The summed E-state index contributed by atoms with van der Waals surface area (Å²) in [5.41, 5.74) is 10.1. The summed E-state index contributed by atoms with van der Waals surface area (Å²) in [5, 5.41) is 0. The number of hydrogen-bond donors (Lipinski definition) is 1. The van der Waals surface area contributed by atoms with Crippen LogP contribution in [0.4, 0.5) is 5.69 Å². The molecule has 0 fully saturated rings. The van der Waals surface area contributed by atoms with E-state index in [2.05, 4.69) is 34.8 Å². The monoisotopic (exact) mass is 242 g/mol. The molecule has 13 heavy (non-hydrogen) atoms. The normalized spacial score (nSPS) is 10.9. The number of halogens is 1. The molecule has 0 radical (unpaired) electrons. The number of nitrogen functional groups attached to an aromatic ring is 1. The van der Waals surface area contributed by atoms with E-state index < -0.39 is 0 Å². The largest absolute Gasteiger partial charge is 0.396 e. The predicted molar refractivity (Wildman–Crippen MR) is 59.9 cm³/mol. The predicted octanol–water partition coefficient (Wildman–Crippen LogP) is 3.17. The maximum Gasteiger partial charge on any atom is 0.129 e. The lowest BCUT2D eigenvalue weighted by atomic mass is 9.96. The first-order valence-corrected chi connectivity index (χ1v) is 5.16. The van der Waals surface area contributed by atoms with E-state index in [1.807, 2.05) is 13.8 Å². The van der Waals surface area contributed by atoms with Crippen LogP contribution in [0.3, 0.4) is 0 Å². The van der Waals surface area contributed by atoms with E-state index in [0.29, 0.717) is 5.92 Å². The van der Waals surface area contributed by atoms with Gasteiger partial charge in [-0.2, -0.15) is 0 Å². The van der Waals surface area contributed by atoms with Gasteiger partial charge in [0.2, 0.25) is 0 Å². The van der Waals surface area contributed by atoms with Crippen LogP contribution in [0.1, 0.15) is 36.6 Å². The lowest BCUT2D eigenvalue weighted by Crippen LogP contribution is -2.04. The molecule has 1 heterocycles. The Labute approximate surface area is 87.7 Å². The Hall–Kier alpha value is -0.570. The molecule has 0 saturated heterocycles. The van der Waals surface area contributed by atoms with Gasteiger partial charge < -0.3 is 5.73 Å². The first-order valence-electron chi connectivity index (χ1n) is 4.37. The van der Waals surface area contributed by atoms with Crippen molar-refractivity contribution in [2.24, 2.45) is 0 Å². The van der Waals surface area contributed by atoms with E-state index in [4.69, 9.17) is 5.73 Å². The van der Waals surface area contributed by atoms with Crippen molar-refractivity contribution in [1.29, 1.82) is 0 Å². The zero-order chi connectivity index (χ0) is 10.2. The number of rotatable bonds is 1. The quantitative estimate of drug-likeness (QED) is 0.769. The molecule has 0 aliphatic carbocycles. The second kappa shape index (κ2) is 3.66. The molecule has 1 rings (SSSR count). The third-order valence-electron chi connectivity index (χ3n) is 2.26. The minimum Gasteiger partial charge on any atom is -0.396 e. The standard InChI is InChI=1S/C10H15BrN2/c1-5(2)8-6(3)9(12)10(11)13-7(8)4/h5H,12H2,1-4H3. The molecule has 3 heteroatoms. The van der Waals surface area contributed by atoms with Gasteiger partial charge in [0.1, 0.15) is 4.60 Å². The van der Waals surface area contributed by atoms with Crippen molar-refractivity contribution in [3.63, 3.8) is 0 Å². The van der Waals surface area contributed by atoms with Crippen LogP contribution in [0, 0.1) is 13.8 Å². The summed E-state index contributed by atoms with van der Waals surface area (Å²) < 4.78 is 0.756. The molecule has 0 saturated carbocycles. The van der Waals surface area contributed by atoms with Gasteiger partial charge in [0.05, 0.1) is 5.69 Å². The molecule has 72 valence electrons. The Morgan fingerprint density at radius 3 is 2.31 bits per heavy atom. The van der Waals surface area contributed by atoms with Crippen molar-refractivity contribution < 1.29 is 0 Å². The number of pyridine rings is 1. The summed E-state index contributed by atoms with van der Waals surface area (Å²) in [6, 6.07) is 0.